The van der Waals surface area contributed by atoms with E-state index in [4.69, 9.17) is 0 Å². The van der Waals surface area contributed by atoms with Crippen LogP contribution in [-0.4, -0.2) is 60.0 Å². The van der Waals surface area contributed by atoms with Gasteiger partial charge in [-0.25, -0.2) is 13.8 Å². The molecule has 3 heterocycles. The number of nitrogens with zero attached hydrogens (tertiary/aromatic N) is 5. The van der Waals surface area contributed by atoms with Gasteiger partial charge in [-0.15, -0.1) is 0 Å². The van der Waals surface area contributed by atoms with E-state index in [1.807, 2.05) is 9.80 Å². The van der Waals surface area contributed by atoms with Gasteiger partial charge in [0.25, 0.3) is 11.6 Å². The van der Waals surface area contributed by atoms with Gasteiger partial charge in [0.05, 0.1) is 9.62 Å². The van der Waals surface area contributed by atoms with E-state index in [-0.39, 0.29) is 17.1 Å². The lowest BCUT2D eigenvalue weighted by Gasteiger charge is -2.34. The third kappa shape index (κ3) is 4.27. The van der Waals surface area contributed by atoms with Crippen LogP contribution in [0.5, 0.6) is 0 Å². The molecule has 0 N–H and O–H groups in total. The largest absolute Gasteiger partial charge is 0.366 e. The van der Waals surface area contributed by atoms with Gasteiger partial charge in [0.2, 0.25) is 0 Å². The van der Waals surface area contributed by atoms with Crippen molar-refractivity contribution < 1.29 is 18.5 Å². The Morgan fingerprint density at radius 2 is 1.71 bits per heavy atom. The third-order valence-electron chi connectivity index (χ3n) is 6.36. The highest BCUT2D eigenvalue weighted by Crippen LogP contribution is 2.33. The van der Waals surface area contributed by atoms with Gasteiger partial charge in [-0.2, -0.15) is 0 Å². The van der Waals surface area contributed by atoms with Crippen LogP contribution < -0.4 is 9.80 Å². The quantitative estimate of drug-likeness (QED) is 0.400. The fourth-order valence-corrected chi connectivity index (χ4v) is 5.63. The summed E-state index contributed by atoms with van der Waals surface area (Å²) in [6.07, 6.45) is 3.12. The number of aromatic nitrogens is 1. The molecule has 0 bridgehead atoms. The predicted molar refractivity (Wildman–Crippen MR) is 127 cm³/mol. The smallest absolute Gasteiger partial charge is 0.293 e. The van der Waals surface area contributed by atoms with Crippen molar-refractivity contribution in [3.05, 3.63) is 57.6 Å². The summed E-state index contributed by atoms with van der Waals surface area (Å²) < 4.78 is 27.9. The van der Waals surface area contributed by atoms with E-state index >= 15 is 0 Å². The Bertz CT molecular complexity index is 1250. The first-order valence-corrected chi connectivity index (χ1v) is 12.1. The Balaban J connectivity index is 1.29. The molecule has 1 amide bonds. The second-order valence-corrected chi connectivity index (χ2v) is 9.53. The number of carbonyl (C=O) groups excluding carboxylic acids is 1. The molecule has 0 saturated carbocycles. The van der Waals surface area contributed by atoms with Crippen LogP contribution in [0.1, 0.15) is 29.6 Å². The van der Waals surface area contributed by atoms with Gasteiger partial charge in [-0.05, 0) is 37.5 Å². The van der Waals surface area contributed by atoms with Crippen LogP contribution in [0.15, 0.2) is 30.3 Å². The molecule has 2 aromatic carbocycles. The maximum Gasteiger partial charge on any atom is 0.293 e. The Kier molecular flexibility index (Phi) is 6.03. The van der Waals surface area contributed by atoms with E-state index < -0.39 is 16.6 Å². The average Bonchev–Trinajstić information content (AvgIpc) is 3.28. The van der Waals surface area contributed by atoms with Gasteiger partial charge in [-0.1, -0.05) is 11.3 Å². The fraction of sp³-hybridized carbons (Fsp3) is 0.391. The zero-order chi connectivity index (χ0) is 23.8. The van der Waals surface area contributed by atoms with Crippen molar-refractivity contribution in [3.8, 4) is 0 Å². The molecule has 2 saturated heterocycles. The van der Waals surface area contributed by atoms with E-state index in [0.717, 1.165) is 38.4 Å². The monoisotopic (exact) mass is 487 g/mol. The lowest BCUT2D eigenvalue weighted by atomic mass is 10.1. The summed E-state index contributed by atoms with van der Waals surface area (Å²) in [4.78, 5) is 34.3. The van der Waals surface area contributed by atoms with Crippen molar-refractivity contribution in [2.45, 2.75) is 19.3 Å². The zero-order valence-corrected chi connectivity index (χ0v) is 19.2. The molecule has 0 radical (unpaired) electrons. The number of amides is 1. The first-order chi connectivity index (χ1) is 16.4. The lowest BCUT2D eigenvalue weighted by molar-refractivity contribution is -0.384. The minimum absolute atomic E-state index is 0.0462. The molecule has 0 unspecified atom stereocenters. The fourth-order valence-electron chi connectivity index (χ4n) is 4.57. The first kappa shape index (κ1) is 22.5. The SMILES string of the molecule is O=C(c1ccc(N2CCCCC2)c([N+](=O)[O-])c1)N1CCN(c2nc3c(F)cc(F)cc3s2)CC1. The number of anilines is 2. The summed E-state index contributed by atoms with van der Waals surface area (Å²) in [5, 5.41) is 12.3. The van der Waals surface area contributed by atoms with Crippen LogP contribution in [0.4, 0.5) is 25.3 Å². The van der Waals surface area contributed by atoms with E-state index in [2.05, 4.69) is 4.98 Å². The summed E-state index contributed by atoms with van der Waals surface area (Å²) >= 11 is 1.21. The molecule has 0 aliphatic carbocycles. The van der Waals surface area contributed by atoms with Gasteiger partial charge < -0.3 is 14.7 Å². The van der Waals surface area contributed by atoms with Crippen molar-refractivity contribution in [3.63, 3.8) is 0 Å². The maximum atomic E-state index is 14.0. The standard InChI is InChI=1S/C23H23F2N5O3S/c24-16-13-17(25)21-20(14-16)34-23(26-21)29-10-8-28(9-11-29)22(31)15-4-5-18(19(12-15)30(32)33)27-6-2-1-3-7-27/h4-5,12-14H,1-3,6-11H2. The van der Waals surface area contributed by atoms with E-state index in [1.165, 1.54) is 23.5 Å². The molecule has 2 fully saturated rings. The van der Waals surface area contributed by atoms with Crippen molar-refractivity contribution in [2.75, 3.05) is 49.1 Å². The molecule has 1 aromatic heterocycles. The third-order valence-corrected chi connectivity index (χ3v) is 7.42. The van der Waals surface area contributed by atoms with Gasteiger partial charge in [-0.3, -0.25) is 14.9 Å². The molecule has 2 aliphatic heterocycles. The number of carbonyl (C=O) groups is 1. The normalized spacial score (nSPS) is 16.8. The van der Waals surface area contributed by atoms with Gasteiger partial charge in [0, 0.05) is 57.0 Å². The van der Waals surface area contributed by atoms with Crippen LogP contribution in [-0.2, 0) is 0 Å². The van der Waals surface area contributed by atoms with E-state index in [0.29, 0.717) is 47.3 Å². The van der Waals surface area contributed by atoms with Crippen molar-refractivity contribution >= 4 is 44.0 Å². The summed E-state index contributed by atoms with van der Waals surface area (Å²) in [7, 11) is 0. The van der Waals surface area contributed by atoms with E-state index in [1.54, 1.807) is 17.0 Å². The van der Waals surface area contributed by atoms with E-state index in [9.17, 15) is 23.7 Å². The second-order valence-electron chi connectivity index (χ2n) is 8.52. The van der Waals surface area contributed by atoms with Gasteiger partial charge in [0.15, 0.2) is 10.9 Å². The average molecular weight is 488 g/mol. The lowest BCUT2D eigenvalue weighted by Crippen LogP contribution is -2.48. The molecule has 0 atom stereocenters. The highest BCUT2D eigenvalue weighted by Gasteiger charge is 2.28. The van der Waals surface area contributed by atoms with Crippen LogP contribution in [0, 0.1) is 21.7 Å². The molecule has 11 heteroatoms. The Hall–Kier alpha value is -3.34. The summed E-state index contributed by atoms with van der Waals surface area (Å²) in [5.41, 5.74) is 0.945. The van der Waals surface area contributed by atoms with Gasteiger partial charge >= 0.3 is 0 Å². The number of benzene rings is 2. The first-order valence-electron chi connectivity index (χ1n) is 11.2. The predicted octanol–water partition coefficient (Wildman–Crippen LogP) is 4.44. The zero-order valence-electron chi connectivity index (χ0n) is 18.4. The number of piperidine rings is 1. The highest BCUT2D eigenvalue weighted by molar-refractivity contribution is 7.22. The Labute approximate surface area is 198 Å². The minimum Gasteiger partial charge on any atom is -0.366 e. The van der Waals surface area contributed by atoms with Crippen LogP contribution >= 0.6 is 11.3 Å². The minimum atomic E-state index is -0.694. The molecule has 3 aromatic rings. The summed E-state index contributed by atoms with van der Waals surface area (Å²) in [6, 6.07) is 6.81. The van der Waals surface area contributed by atoms with Crippen LogP contribution in [0.2, 0.25) is 0 Å². The van der Waals surface area contributed by atoms with Crippen molar-refractivity contribution in [2.24, 2.45) is 0 Å². The number of rotatable bonds is 4. The number of nitro benzene ring substituents is 1. The van der Waals surface area contributed by atoms with Crippen LogP contribution in [0.3, 0.4) is 0 Å². The molecule has 0 spiro atoms. The molecule has 5 rings (SSSR count). The number of nitro groups is 1. The van der Waals surface area contributed by atoms with Crippen molar-refractivity contribution in [1.29, 1.82) is 0 Å². The Morgan fingerprint density at radius 1 is 0.971 bits per heavy atom. The molecule has 2 aliphatic rings. The second kappa shape index (κ2) is 9.13. The molecule has 8 nitrogen and oxygen atoms in total. The number of piperazine rings is 1. The number of halogens is 2. The maximum absolute atomic E-state index is 14.0. The number of hydrogen-bond acceptors (Lipinski definition) is 7. The number of fused-ring (bicyclic) bond motifs is 1. The molecule has 34 heavy (non-hydrogen) atoms. The number of hydrogen-bond donors (Lipinski definition) is 0. The highest BCUT2D eigenvalue weighted by atomic mass is 32.1. The summed E-state index contributed by atoms with van der Waals surface area (Å²) in [5.74, 6) is -1.60. The molecular formula is C23H23F2N5O3S. The number of thiazole rings is 1. The molecule has 178 valence electrons. The van der Waals surface area contributed by atoms with Crippen LogP contribution in [0.25, 0.3) is 10.2 Å². The summed E-state index contributed by atoms with van der Waals surface area (Å²) in [6.45, 7) is 3.30. The molecular weight excluding hydrogens is 464 g/mol. The van der Waals surface area contributed by atoms with Gasteiger partial charge in [0.1, 0.15) is 17.0 Å². The topological polar surface area (TPSA) is 82.8 Å². The van der Waals surface area contributed by atoms with Crippen molar-refractivity contribution in [1.82, 2.24) is 9.88 Å². The Morgan fingerprint density at radius 3 is 2.41 bits per heavy atom.